The highest BCUT2D eigenvalue weighted by molar-refractivity contribution is 5.85. The average molecular weight is 446 g/mol. The van der Waals surface area contributed by atoms with Crippen LogP contribution in [0.4, 0.5) is 22.0 Å². The molecule has 0 heterocycles. The van der Waals surface area contributed by atoms with Crippen molar-refractivity contribution in [3.63, 3.8) is 0 Å². The predicted octanol–water partition coefficient (Wildman–Crippen LogP) is 5.64. The number of benzene rings is 2. The van der Waals surface area contributed by atoms with Gasteiger partial charge in [0.15, 0.2) is 11.5 Å². The van der Waals surface area contributed by atoms with Crippen LogP contribution in [0.3, 0.4) is 0 Å². The lowest BCUT2D eigenvalue weighted by atomic mass is 10.1. The van der Waals surface area contributed by atoms with Gasteiger partial charge in [0, 0.05) is 18.6 Å². The molecule has 1 N–H and O–H groups in total. The number of hydrogen-bond acceptors (Lipinski definition) is 4. The second kappa shape index (κ2) is 10.1. The van der Waals surface area contributed by atoms with Crippen molar-refractivity contribution < 1.29 is 46.1 Å². The highest BCUT2D eigenvalue weighted by Gasteiger charge is 2.34. The molecule has 5 nitrogen and oxygen atoms in total. The van der Waals surface area contributed by atoms with E-state index in [0.29, 0.717) is 5.56 Å². The van der Waals surface area contributed by atoms with E-state index in [0.717, 1.165) is 24.3 Å². The normalized spacial score (nSPS) is 12.1. The van der Waals surface area contributed by atoms with Crippen molar-refractivity contribution in [3.05, 3.63) is 59.7 Å². The van der Waals surface area contributed by atoms with Gasteiger partial charge in [-0.3, -0.25) is 0 Å². The van der Waals surface area contributed by atoms with Crippen molar-refractivity contribution >= 4 is 12.0 Å². The molecule has 0 aromatic heterocycles. The minimum absolute atomic E-state index is 0.0227. The topological polar surface area (TPSA) is 65.0 Å². The maximum absolute atomic E-state index is 14.5. The number of ether oxygens (including phenoxy) is 3. The molecule has 0 spiro atoms. The molecule has 0 saturated carbocycles. The van der Waals surface area contributed by atoms with E-state index >= 15 is 0 Å². The Labute approximate surface area is 174 Å². The quantitative estimate of drug-likeness (QED) is 0.291. The molecule has 10 heteroatoms. The molecule has 2 aromatic rings. The van der Waals surface area contributed by atoms with Crippen LogP contribution in [0.2, 0.25) is 0 Å². The van der Waals surface area contributed by atoms with Gasteiger partial charge in [0.25, 0.3) is 0 Å². The molecule has 0 atom stereocenters. The highest BCUT2D eigenvalue weighted by atomic mass is 19.4. The van der Waals surface area contributed by atoms with Crippen LogP contribution in [-0.4, -0.2) is 31.0 Å². The van der Waals surface area contributed by atoms with Gasteiger partial charge in [0.1, 0.15) is 5.75 Å². The van der Waals surface area contributed by atoms with Crippen molar-refractivity contribution in [1.82, 2.24) is 0 Å². The summed E-state index contributed by atoms with van der Waals surface area (Å²) in [5.74, 6) is -1.30. The van der Waals surface area contributed by atoms with Gasteiger partial charge >= 0.3 is 18.3 Å². The van der Waals surface area contributed by atoms with Crippen molar-refractivity contribution in [2.45, 2.75) is 25.1 Å². The second-order valence-corrected chi connectivity index (χ2v) is 6.29. The van der Waals surface area contributed by atoms with Crippen LogP contribution >= 0.6 is 0 Å². The van der Waals surface area contributed by atoms with Crippen LogP contribution in [-0.2, 0) is 10.9 Å². The fourth-order valence-corrected chi connectivity index (χ4v) is 2.45. The zero-order valence-electron chi connectivity index (χ0n) is 16.3. The van der Waals surface area contributed by atoms with Crippen molar-refractivity contribution in [3.8, 4) is 17.2 Å². The monoisotopic (exact) mass is 446 g/mol. The summed E-state index contributed by atoms with van der Waals surface area (Å²) in [6.45, 7) is -0.227. The summed E-state index contributed by atoms with van der Waals surface area (Å²) in [6.07, 6.45) is -7.14. The minimum Gasteiger partial charge on any atom is -0.493 e. The third kappa shape index (κ3) is 7.80. The van der Waals surface area contributed by atoms with Gasteiger partial charge in [-0.05, 0) is 42.3 Å². The van der Waals surface area contributed by atoms with Crippen molar-refractivity contribution in [1.29, 1.82) is 0 Å². The molecule has 2 aromatic carbocycles. The number of carboxylic acids is 1. The second-order valence-electron chi connectivity index (χ2n) is 6.29. The number of alkyl halides is 5. The molecule has 2 rings (SSSR count). The van der Waals surface area contributed by atoms with Crippen LogP contribution in [0, 0.1) is 0 Å². The minimum atomic E-state index is -4.29. The largest absolute Gasteiger partial charge is 0.493 e. The van der Waals surface area contributed by atoms with Crippen LogP contribution < -0.4 is 14.2 Å². The third-order valence-corrected chi connectivity index (χ3v) is 3.91. The number of aliphatic carboxylic acids is 1. The van der Waals surface area contributed by atoms with Crippen molar-refractivity contribution in [2.24, 2.45) is 0 Å². The Morgan fingerprint density at radius 2 is 1.71 bits per heavy atom. The highest BCUT2D eigenvalue weighted by Crippen LogP contribution is 2.37. The first-order valence-corrected chi connectivity index (χ1v) is 8.96. The fraction of sp³-hybridized carbons (Fsp3) is 0.286. The van der Waals surface area contributed by atoms with E-state index in [-0.39, 0.29) is 30.3 Å². The van der Waals surface area contributed by atoms with Crippen LogP contribution in [0.5, 0.6) is 17.2 Å². The zero-order chi connectivity index (χ0) is 23.1. The summed E-state index contributed by atoms with van der Waals surface area (Å²) >= 11 is 0. The van der Waals surface area contributed by atoms with Gasteiger partial charge in [-0.25, -0.2) is 4.79 Å². The Balaban J connectivity index is 2.06. The fourth-order valence-electron chi connectivity index (χ4n) is 2.45. The van der Waals surface area contributed by atoms with E-state index < -0.39 is 30.2 Å². The summed E-state index contributed by atoms with van der Waals surface area (Å²) in [4.78, 5) is 10.5. The van der Waals surface area contributed by atoms with E-state index in [1.807, 2.05) is 0 Å². The Morgan fingerprint density at radius 3 is 2.29 bits per heavy atom. The first-order valence-electron chi connectivity index (χ1n) is 8.96. The summed E-state index contributed by atoms with van der Waals surface area (Å²) in [7, 11) is 1.25. The van der Waals surface area contributed by atoms with E-state index in [9.17, 15) is 26.7 Å². The summed E-state index contributed by atoms with van der Waals surface area (Å²) in [5.41, 5.74) is -0.0536. The molecule has 0 unspecified atom stereocenters. The SMILES string of the molecule is COc1cc(OC(F)(F)c2ccc(/C=C/C(=O)O)cc2)ccc1OCCCC(F)(F)F. The Hall–Kier alpha value is -3.30. The summed E-state index contributed by atoms with van der Waals surface area (Å²) in [5, 5.41) is 8.59. The van der Waals surface area contributed by atoms with Crippen LogP contribution in [0.15, 0.2) is 48.5 Å². The van der Waals surface area contributed by atoms with Crippen LogP contribution in [0.1, 0.15) is 24.0 Å². The van der Waals surface area contributed by atoms with E-state index in [1.165, 1.54) is 37.5 Å². The smallest absolute Gasteiger partial charge is 0.426 e. The number of carbonyl (C=O) groups is 1. The molecule has 0 saturated heterocycles. The number of rotatable bonds is 10. The van der Waals surface area contributed by atoms with Crippen LogP contribution in [0.25, 0.3) is 6.08 Å². The molecule has 0 fully saturated rings. The molecule has 168 valence electrons. The Bertz CT molecular complexity index is 907. The third-order valence-electron chi connectivity index (χ3n) is 3.91. The predicted molar refractivity (Wildman–Crippen MR) is 101 cm³/mol. The first kappa shape index (κ1) is 24.0. The van der Waals surface area contributed by atoms with E-state index in [4.69, 9.17) is 19.3 Å². The van der Waals surface area contributed by atoms with Crippen molar-refractivity contribution in [2.75, 3.05) is 13.7 Å². The molecule has 0 radical (unpaired) electrons. The lowest BCUT2D eigenvalue weighted by molar-refractivity contribution is -0.185. The number of carboxylic acid groups (broad SMARTS) is 1. The maximum atomic E-state index is 14.5. The Morgan fingerprint density at radius 1 is 1.03 bits per heavy atom. The molecular weight excluding hydrogens is 427 g/mol. The summed E-state index contributed by atoms with van der Waals surface area (Å²) < 4.78 is 80.5. The van der Waals surface area contributed by atoms with Gasteiger partial charge in [0.2, 0.25) is 0 Å². The lowest BCUT2D eigenvalue weighted by Gasteiger charge is -2.19. The van der Waals surface area contributed by atoms with E-state index in [1.54, 1.807) is 0 Å². The molecule has 0 bridgehead atoms. The Kier molecular flexibility index (Phi) is 7.84. The molecular formula is C21H19F5O5. The summed E-state index contributed by atoms with van der Waals surface area (Å²) in [6, 6.07) is 8.39. The maximum Gasteiger partial charge on any atom is 0.426 e. The molecule has 0 aliphatic heterocycles. The van der Waals surface area contributed by atoms with Gasteiger partial charge in [-0.2, -0.15) is 22.0 Å². The van der Waals surface area contributed by atoms with E-state index in [2.05, 4.69) is 0 Å². The van der Waals surface area contributed by atoms with Gasteiger partial charge in [-0.15, -0.1) is 0 Å². The first-order chi connectivity index (χ1) is 14.5. The number of halogens is 5. The lowest BCUT2D eigenvalue weighted by Crippen LogP contribution is -2.21. The zero-order valence-corrected chi connectivity index (χ0v) is 16.3. The molecule has 0 aliphatic carbocycles. The molecule has 0 aliphatic rings. The number of hydrogen-bond donors (Lipinski definition) is 1. The van der Waals surface area contributed by atoms with Gasteiger partial charge in [-0.1, -0.05) is 12.1 Å². The van der Waals surface area contributed by atoms with Gasteiger partial charge < -0.3 is 19.3 Å². The standard InChI is InChI=1S/C21H19F5O5/c1-29-18-13-16(8-9-17(18)30-12-2-11-20(22,23)24)31-21(25,26)15-6-3-14(4-7-15)5-10-19(27)28/h3-10,13H,2,11-12H2,1H3,(H,27,28)/b10-5+. The number of methoxy groups -OCH3 is 1. The molecule has 31 heavy (non-hydrogen) atoms. The average Bonchev–Trinajstić information content (AvgIpc) is 2.69. The molecule has 0 amide bonds. The van der Waals surface area contributed by atoms with Gasteiger partial charge in [0.05, 0.1) is 19.3 Å².